The number of halogens is 1. The number of rotatable bonds is 4. The second kappa shape index (κ2) is 6.40. The molecular formula is C17H21ClN2. The van der Waals surface area contributed by atoms with Gasteiger partial charge in [0.2, 0.25) is 0 Å². The molecule has 0 heterocycles. The number of benzene rings is 2. The fraction of sp³-hybridized carbons (Fsp3) is 0.294. The average Bonchev–Trinajstić information content (AvgIpc) is 2.39. The number of hydrogen-bond donors (Lipinski definition) is 2. The van der Waals surface area contributed by atoms with E-state index in [1.54, 1.807) is 0 Å². The second-order valence-electron chi connectivity index (χ2n) is 5.32. The van der Waals surface area contributed by atoms with Crippen molar-refractivity contribution < 1.29 is 0 Å². The number of hydrogen-bond acceptors (Lipinski definition) is 2. The largest absolute Gasteiger partial charge is 0.271 e. The maximum Gasteiger partial charge on any atom is 0.0506 e. The van der Waals surface area contributed by atoms with Crippen molar-refractivity contribution in [3.05, 3.63) is 69.2 Å². The van der Waals surface area contributed by atoms with E-state index in [4.69, 9.17) is 17.4 Å². The molecule has 2 nitrogen and oxygen atoms in total. The predicted molar refractivity (Wildman–Crippen MR) is 85.9 cm³/mol. The molecule has 0 saturated carbocycles. The molecule has 2 aromatic rings. The summed E-state index contributed by atoms with van der Waals surface area (Å²) in [5.74, 6) is 5.78. The highest BCUT2D eigenvalue weighted by Crippen LogP contribution is 2.27. The lowest BCUT2D eigenvalue weighted by Gasteiger charge is -2.21. The van der Waals surface area contributed by atoms with Crippen molar-refractivity contribution in [1.82, 2.24) is 5.43 Å². The quantitative estimate of drug-likeness (QED) is 0.659. The van der Waals surface area contributed by atoms with Crippen LogP contribution in [-0.2, 0) is 6.42 Å². The van der Waals surface area contributed by atoms with E-state index in [9.17, 15) is 0 Å². The van der Waals surface area contributed by atoms with Crippen LogP contribution in [0.4, 0.5) is 0 Å². The van der Waals surface area contributed by atoms with Crippen LogP contribution in [0.1, 0.15) is 33.9 Å². The van der Waals surface area contributed by atoms with Gasteiger partial charge in [0.05, 0.1) is 6.04 Å². The van der Waals surface area contributed by atoms with Crippen molar-refractivity contribution >= 4 is 11.6 Å². The Labute approximate surface area is 125 Å². The summed E-state index contributed by atoms with van der Waals surface area (Å²) in [5, 5.41) is 0.802. The Balaban J connectivity index is 2.34. The highest BCUT2D eigenvalue weighted by Gasteiger charge is 2.16. The van der Waals surface area contributed by atoms with Crippen molar-refractivity contribution in [1.29, 1.82) is 0 Å². The van der Waals surface area contributed by atoms with Crippen LogP contribution in [0.25, 0.3) is 0 Å². The van der Waals surface area contributed by atoms with E-state index in [1.165, 1.54) is 22.3 Å². The first-order valence-electron chi connectivity index (χ1n) is 6.80. The molecule has 1 atom stereocenters. The molecular weight excluding hydrogens is 268 g/mol. The molecule has 0 radical (unpaired) electrons. The van der Waals surface area contributed by atoms with Crippen LogP contribution in [-0.4, -0.2) is 0 Å². The molecule has 2 aromatic carbocycles. The van der Waals surface area contributed by atoms with Gasteiger partial charge < -0.3 is 0 Å². The number of nitrogens with one attached hydrogen (secondary N) is 1. The summed E-state index contributed by atoms with van der Waals surface area (Å²) in [6.45, 7) is 6.27. The fourth-order valence-electron chi connectivity index (χ4n) is 2.66. The van der Waals surface area contributed by atoms with Gasteiger partial charge >= 0.3 is 0 Å². The van der Waals surface area contributed by atoms with Crippen LogP contribution in [0.2, 0.25) is 5.02 Å². The Bertz CT molecular complexity index is 588. The van der Waals surface area contributed by atoms with Crippen LogP contribution in [0.15, 0.2) is 36.4 Å². The molecule has 1 unspecified atom stereocenters. The van der Waals surface area contributed by atoms with Crippen LogP contribution in [0, 0.1) is 20.8 Å². The Kier molecular flexibility index (Phi) is 4.81. The van der Waals surface area contributed by atoms with Crippen molar-refractivity contribution in [2.24, 2.45) is 5.84 Å². The standard InChI is InChI=1S/C17H21ClN2/c1-11-7-8-14(15(18)9-11)10-16(20-19)17-12(2)5-4-6-13(17)3/h4-9,16,20H,10,19H2,1-3H3. The molecule has 106 valence electrons. The van der Waals surface area contributed by atoms with Crippen molar-refractivity contribution in [2.45, 2.75) is 33.2 Å². The third-order valence-electron chi connectivity index (χ3n) is 3.72. The number of nitrogens with two attached hydrogens (primary N) is 1. The number of hydrazine groups is 1. The number of aryl methyl sites for hydroxylation is 3. The van der Waals surface area contributed by atoms with Gasteiger partial charge in [-0.15, -0.1) is 0 Å². The molecule has 20 heavy (non-hydrogen) atoms. The van der Waals surface area contributed by atoms with Crippen LogP contribution < -0.4 is 11.3 Å². The van der Waals surface area contributed by atoms with Crippen molar-refractivity contribution in [3.8, 4) is 0 Å². The summed E-state index contributed by atoms with van der Waals surface area (Å²) < 4.78 is 0. The summed E-state index contributed by atoms with van der Waals surface area (Å²) >= 11 is 6.33. The summed E-state index contributed by atoms with van der Waals surface area (Å²) in [5.41, 5.74) is 8.96. The van der Waals surface area contributed by atoms with Gasteiger partial charge in [-0.2, -0.15) is 0 Å². The first kappa shape index (κ1) is 15.0. The van der Waals surface area contributed by atoms with Gasteiger partial charge in [-0.1, -0.05) is 41.9 Å². The first-order chi connectivity index (χ1) is 9.52. The zero-order valence-electron chi connectivity index (χ0n) is 12.2. The molecule has 2 rings (SSSR count). The Morgan fingerprint density at radius 1 is 1.10 bits per heavy atom. The zero-order chi connectivity index (χ0) is 14.7. The molecule has 0 aromatic heterocycles. The minimum absolute atomic E-state index is 0.0661. The highest BCUT2D eigenvalue weighted by atomic mass is 35.5. The van der Waals surface area contributed by atoms with E-state index < -0.39 is 0 Å². The van der Waals surface area contributed by atoms with E-state index in [1.807, 2.05) is 13.0 Å². The normalized spacial score (nSPS) is 12.4. The summed E-state index contributed by atoms with van der Waals surface area (Å²) in [7, 11) is 0. The van der Waals surface area contributed by atoms with Gasteiger partial charge in [-0.25, -0.2) is 0 Å². The van der Waals surface area contributed by atoms with Gasteiger partial charge in [0.15, 0.2) is 0 Å². The third kappa shape index (κ3) is 3.21. The van der Waals surface area contributed by atoms with E-state index in [0.717, 1.165) is 17.0 Å². The smallest absolute Gasteiger partial charge is 0.0506 e. The first-order valence-corrected chi connectivity index (χ1v) is 7.18. The lowest BCUT2D eigenvalue weighted by Crippen LogP contribution is -2.30. The minimum Gasteiger partial charge on any atom is -0.271 e. The average molecular weight is 289 g/mol. The van der Waals surface area contributed by atoms with Gasteiger partial charge in [-0.05, 0) is 61.1 Å². The van der Waals surface area contributed by atoms with Crippen LogP contribution in [0.3, 0.4) is 0 Å². The lowest BCUT2D eigenvalue weighted by atomic mass is 9.92. The van der Waals surface area contributed by atoms with Gasteiger partial charge in [0.25, 0.3) is 0 Å². The maximum absolute atomic E-state index is 6.33. The van der Waals surface area contributed by atoms with E-state index in [2.05, 4.69) is 49.6 Å². The molecule has 0 bridgehead atoms. The predicted octanol–water partition coefficient (Wildman–Crippen LogP) is 4.01. The monoisotopic (exact) mass is 288 g/mol. The Hall–Kier alpha value is -1.35. The zero-order valence-corrected chi connectivity index (χ0v) is 13.0. The summed E-state index contributed by atoms with van der Waals surface area (Å²) in [6.07, 6.45) is 0.779. The topological polar surface area (TPSA) is 38.0 Å². The van der Waals surface area contributed by atoms with Gasteiger partial charge in [0.1, 0.15) is 0 Å². The molecule has 3 N–H and O–H groups in total. The summed E-state index contributed by atoms with van der Waals surface area (Å²) in [6, 6.07) is 12.5. The Morgan fingerprint density at radius 2 is 1.75 bits per heavy atom. The lowest BCUT2D eigenvalue weighted by molar-refractivity contribution is 0.547. The van der Waals surface area contributed by atoms with E-state index in [-0.39, 0.29) is 6.04 Å². The molecule has 0 aliphatic heterocycles. The fourth-order valence-corrected chi connectivity index (χ4v) is 2.97. The molecule has 3 heteroatoms. The van der Waals surface area contributed by atoms with Crippen LogP contribution >= 0.6 is 11.6 Å². The highest BCUT2D eigenvalue weighted by molar-refractivity contribution is 6.31. The molecule has 0 aliphatic rings. The van der Waals surface area contributed by atoms with E-state index >= 15 is 0 Å². The van der Waals surface area contributed by atoms with Crippen molar-refractivity contribution in [3.63, 3.8) is 0 Å². The Morgan fingerprint density at radius 3 is 2.30 bits per heavy atom. The minimum atomic E-state index is 0.0661. The molecule has 0 saturated heterocycles. The van der Waals surface area contributed by atoms with Crippen LogP contribution in [0.5, 0.6) is 0 Å². The maximum atomic E-state index is 6.33. The molecule has 0 spiro atoms. The molecule has 0 fully saturated rings. The van der Waals surface area contributed by atoms with Gasteiger partial charge in [0, 0.05) is 5.02 Å². The second-order valence-corrected chi connectivity index (χ2v) is 5.73. The molecule has 0 aliphatic carbocycles. The van der Waals surface area contributed by atoms with Crippen molar-refractivity contribution in [2.75, 3.05) is 0 Å². The third-order valence-corrected chi connectivity index (χ3v) is 4.08. The summed E-state index contributed by atoms with van der Waals surface area (Å²) in [4.78, 5) is 0. The molecule has 0 amide bonds. The SMILES string of the molecule is Cc1ccc(CC(NN)c2c(C)cccc2C)c(Cl)c1. The van der Waals surface area contributed by atoms with Gasteiger partial charge in [-0.3, -0.25) is 11.3 Å². The van der Waals surface area contributed by atoms with E-state index in [0.29, 0.717) is 0 Å².